The highest BCUT2D eigenvalue weighted by atomic mass is 79.9. The molecule has 0 amide bonds. The SMILES string of the molecule is CC1(C)c2ccc(Br)cc2C(C)(C)N1O.Cl. The van der Waals surface area contributed by atoms with Crippen LogP contribution in [-0.4, -0.2) is 10.3 Å². The van der Waals surface area contributed by atoms with Crippen LogP contribution in [0.5, 0.6) is 0 Å². The van der Waals surface area contributed by atoms with Gasteiger partial charge in [-0.15, -0.1) is 12.4 Å². The lowest BCUT2D eigenvalue weighted by Crippen LogP contribution is -2.42. The highest BCUT2D eigenvalue weighted by Gasteiger charge is 2.48. The molecule has 4 heteroatoms. The van der Waals surface area contributed by atoms with Gasteiger partial charge in [-0.3, -0.25) is 0 Å². The Hall–Kier alpha value is -0.0900. The minimum Gasteiger partial charge on any atom is -0.312 e. The van der Waals surface area contributed by atoms with Gasteiger partial charge in [-0.25, -0.2) is 0 Å². The van der Waals surface area contributed by atoms with Crippen molar-refractivity contribution >= 4 is 28.3 Å². The molecule has 1 aliphatic heterocycles. The first-order chi connectivity index (χ1) is 6.78. The lowest BCUT2D eigenvalue weighted by atomic mass is 9.91. The maximum Gasteiger partial charge on any atom is 0.0666 e. The van der Waals surface area contributed by atoms with E-state index in [1.165, 1.54) is 16.2 Å². The average molecular weight is 307 g/mol. The normalized spacial score (nSPS) is 21.4. The molecule has 0 aromatic heterocycles. The van der Waals surface area contributed by atoms with Gasteiger partial charge in [-0.1, -0.05) is 22.0 Å². The van der Waals surface area contributed by atoms with Crippen LogP contribution in [0.2, 0.25) is 0 Å². The smallest absolute Gasteiger partial charge is 0.0666 e. The molecule has 0 saturated carbocycles. The van der Waals surface area contributed by atoms with Gasteiger partial charge in [0.05, 0.1) is 11.1 Å². The predicted octanol–water partition coefficient (Wildman–Crippen LogP) is 4.05. The first-order valence-electron chi connectivity index (χ1n) is 5.07. The molecule has 1 aliphatic rings. The quantitative estimate of drug-likeness (QED) is 0.782. The van der Waals surface area contributed by atoms with Crippen molar-refractivity contribution in [3.8, 4) is 0 Å². The van der Waals surface area contributed by atoms with E-state index in [1.54, 1.807) is 0 Å². The summed E-state index contributed by atoms with van der Waals surface area (Å²) in [5, 5.41) is 11.7. The van der Waals surface area contributed by atoms with Crippen LogP contribution in [-0.2, 0) is 11.1 Å². The molecule has 1 aromatic rings. The second-order valence-electron chi connectivity index (χ2n) is 5.12. The van der Waals surface area contributed by atoms with Crippen LogP contribution in [0.3, 0.4) is 0 Å². The molecule has 0 bridgehead atoms. The molecule has 90 valence electrons. The number of hydrogen-bond acceptors (Lipinski definition) is 2. The van der Waals surface area contributed by atoms with Gasteiger partial charge in [0.15, 0.2) is 0 Å². The molecule has 0 unspecified atom stereocenters. The molecular weight excluding hydrogens is 289 g/mol. The van der Waals surface area contributed by atoms with Crippen LogP contribution in [0.25, 0.3) is 0 Å². The number of benzene rings is 1. The lowest BCUT2D eigenvalue weighted by Gasteiger charge is -2.34. The van der Waals surface area contributed by atoms with E-state index in [2.05, 4.69) is 28.1 Å². The standard InChI is InChI=1S/C12H16BrNO.ClH/c1-11(2)9-6-5-8(13)7-10(9)12(3,4)14(11)15;/h5-7,15H,1-4H3;1H. The molecule has 2 nitrogen and oxygen atoms in total. The molecule has 1 heterocycles. The summed E-state index contributed by atoms with van der Waals surface area (Å²) in [5.41, 5.74) is 1.73. The first kappa shape index (κ1) is 14.0. The Labute approximate surface area is 111 Å². The van der Waals surface area contributed by atoms with E-state index in [0.717, 1.165) is 4.47 Å². The Balaban J connectivity index is 0.00000128. The second-order valence-corrected chi connectivity index (χ2v) is 6.04. The van der Waals surface area contributed by atoms with Gasteiger partial charge in [-0.2, -0.15) is 5.06 Å². The molecule has 0 radical (unpaired) electrons. The molecular formula is C12H17BrClNO. The molecule has 0 saturated heterocycles. The number of rotatable bonds is 0. The Morgan fingerprint density at radius 1 is 1.06 bits per heavy atom. The van der Waals surface area contributed by atoms with Crippen LogP contribution >= 0.6 is 28.3 Å². The van der Waals surface area contributed by atoms with Gasteiger partial charge in [0.25, 0.3) is 0 Å². The van der Waals surface area contributed by atoms with E-state index in [-0.39, 0.29) is 23.5 Å². The number of fused-ring (bicyclic) bond motifs is 1. The predicted molar refractivity (Wildman–Crippen MR) is 71.1 cm³/mol. The van der Waals surface area contributed by atoms with Gasteiger partial charge >= 0.3 is 0 Å². The highest BCUT2D eigenvalue weighted by Crippen LogP contribution is 2.48. The molecule has 1 N–H and O–H groups in total. The maximum absolute atomic E-state index is 10.2. The Morgan fingerprint density at radius 3 is 2.12 bits per heavy atom. The topological polar surface area (TPSA) is 23.5 Å². The van der Waals surface area contributed by atoms with E-state index in [9.17, 15) is 5.21 Å². The van der Waals surface area contributed by atoms with E-state index in [1.807, 2.05) is 33.8 Å². The summed E-state index contributed by atoms with van der Waals surface area (Å²) in [6.07, 6.45) is 0. The van der Waals surface area contributed by atoms with Crippen molar-refractivity contribution in [2.45, 2.75) is 38.8 Å². The van der Waals surface area contributed by atoms with Gasteiger partial charge in [0.1, 0.15) is 0 Å². The summed E-state index contributed by atoms with van der Waals surface area (Å²) in [6, 6.07) is 6.19. The monoisotopic (exact) mass is 305 g/mol. The third-order valence-electron chi connectivity index (χ3n) is 3.36. The molecule has 0 aliphatic carbocycles. The van der Waals surface area contributed by atoms with Crippen molar-refractivity contribution in [2.24, 2.45) is 0 Å². The molecule has 2 rings (SSSR count). The molecule has 16 heavy (non-hydrogen) atoms. The zero-order valence-electron chi connectivity index (χ0n) is 9.91. The molecule has 0 atom stereocenters. The molecule has 0 spiro atoms. The van der Waals surface area contributed by atoms with Gasteiger partial charge < -0.3 is 5.21 Å². The van der Waals surface area contributed by atoms with Gasteiger partial charge in [-0.05, 0) is 51.0 Å². The molecule has 0 fully saturated rings. The van der Waals surface area contributed by atoms with E-state index < -0.39 is 0 Å². The fraction of sp³-hybridized carbons (Fsp3) is 0.500. The Kier molecular flexibility index (Phi) is 3.48. The van der Waals surface area contributed by atoms with Crippen LogP contribution in [0.4, 0.5) is 0 Å². The molecule has 1 aromatic carbocycles. The largest absolute Gasteiger partial charge is 0.312 e. The highest BCUT2D eigenvalue weighted by molar-refractivity contribution is 9.10. The second kappa shape index (κ2) is 3.98. The minimum atomic E-state index is -0.331. The third kappa shape index (κ3) is 1.70. The van der Waals surface area contributed by atoms with Crippen molar-refractivity contribution in [1.29, 1.82) is 0 Å². The maximum atomic E-state index is 10.2. The summed E-state index contributed by atoms with van der Waals surface area (Å²) < 4.78 is 1.06. The number of hydrogen-bond donors (Lipinski definition) is 1. The minimum absolute atomic E-state index is 0. The van der Waals surface area contributed by atoms with Gasteiger partial charge in [0, 0.05) is 4.47 Å². The lowest BCUT2D eigenvalue weighted by molar-refractivity contribution is -0.216. The first-order valence-corrected chi connectivity index (χ1v) is 5.87. The summed E-state index contributed by atoms with van der Waals surface area (Å²) >= 11 is 3.47. The van der Waals surface area contributed by atoms with Crippen LogP contribution in [0, 0.1) is 0 Å². The third-order valence-corrected chi connectivity index (χ3v) is 3.85. The van der Waals surface area contributed by atoms with Crippen molar-refractivity contribution in [3.05, 3.63) is 33.8 Å². The summed E-state index contributed by atoms with van der Waals surface area (Å²) in [4.78, 5) is 0. The summed E-state index contributed by atoms with van der Waals surface area (Å²) in [6.45, 7) is 8.14. The zero-order valence-corrected chi connectivity index (χ0v) is 12.3. The Morgan fingerprint density at radius 2 is 1.56 bits per heavy atom. The zero-order chi connectivity index (χ0) is 11.4. The van der Waals surface area contributed by atoms with Crippen molar-refractivity contribution in [1.82, 2.24) is 5.06 Å². The number of nitrogens with zero attached hydrogens (tertiary/aromatic N) is 1. The fourth-order valence-corrected chi connectivity index (χ4v) is 2.84. The number of halogens is 2. The van der Waals surface area contributed by atoms with E-state index in [4.69, 9.17) is 0 Å². The van der Waals surface area contributed by atoms with E-state index >= 15 is 0 Å². The fourth-order valence-electron chi connectivity index (χ4n) is 2.48. The van der Waals surface area contributed by atoms with Crippen LogP contribution in [0.15, 0.2) is 22.7 Å². The average Bonchev–Trinajstić information content (AvgIpc) is 2.26. The van der Waals surface area contributed by atoms with Crippen LogP contribution in [0.1, 0.15) is 38.8 Å². The van der Waals surface area contributed by atoms with Crippen molar-refractivity contribution in [3.63, 3.8) is 0 Å². The van der Waals surface area contributed by atoms with Crippen molar-refractivity contribution < 1.29 is 5.21 Å². The van der Waals surface area contributed by atoms with Crippen LogP contribution < -0.4 is 0 Å². The number of hydroxylamine groups is 2. The Bertz CT molecular complexity index is 417. The van der Waals surface area contributed by atoms with Gasteiger partial charge in [0.2, 0.25) is 0 Å². The van der Waals surface area contributed by atoms with E-state index in [0.29, 0.717) is 0 Å². The van der Waals surface area contributed by atoms with Crippen molar-refractivity contribution in [2.75, 3.05) is 0 Å². The summed E-state index contributed by atoms with van der Waals surface area (Å²) in [5.74, 6) is 0. The summed E-state index contributed by atoms with van der Waals surface area (Å²) in [7, 11) is 0.